The Morgan fingerprint density at radius 3 is 2.72 bits per heavy atom. The molecule has 0 unspecified atom stereocenters. The number of aromatic nitrogens is 4. The van der Waals surface area contributed by atoms with Crippen LogP contribution in [0.2, 0.25) is 5.02 Å². The number of carbonyl (C=O) groups is 1. The van der Waals surface area contributed by atoms with Crippen LogP contribution >= 0.6 is 11.6 Å². The first-order valence-corrected chi connectivity index (χ1v) is 5.81. The van der Waals surface area contributed by atoms with Gasteiger partial charge in [-0.25, -0.2) is 0 Å². The predicted molar refractivity (Wildman–Crippen MR) is 67.3 cm³/mol. The quantitative estimate of drug-likeness (QED) is 0.904. The molecule has 1 N–H and O–H groups in total. The van der Waals surface area contributed by atoms with Gasteiger partial charge in [0.05, 0.1) is 11.2 Å². The number of amides is 1. The van der Waals surface area contributed by atoms with Crippen LogP contribution in [0.3, 0.4) is 0 Å². The molecule has 0 saturated heterocycles. The van der Waals surface area contributed by atoms with Gasteiger partial charge in [-0.1, -0.05) is 11.6 Å². The number of halogens is 1. The second-order valence-electron chi connectivity index (χ2n) is 4.06. The third kappa shape index (κ3) is 2.38. The van der Waals surface area contributed by atoms with Crippen molar-refractivity contribution in [1.29, 1.82) is 0 Å². The van der Waals surface area contributed by atoms with E-state index in [0.717, 1.165) is 11.3 Å². The molecule has 7 heteroatoms. The molecule has 2 aromatic rings. The number of aryl methyl sites for hydroxylation is 2. The van der Waals surface area contributed by atoms with Gasteiger partial charge in [-0.3, -0.25) is 14.2 Å². The predicted octanol–water partition coefficient (Wildman–Crippen LogP) is 1.05. The third-order valence-electron chi connectivity index (χ3n) is 2.78. The summed E-state index contributed by atoms with van der Waals surface area (Å²) in [6, 6.07) is 0. The van der Waals surface area contributed by atoms with Crippen molar-refractivity contribution in [3.05, 3.63) is 34.4 Å². The molecule has 0 aliphatic carbocycles. The van der Waals surface area contributed by atoms with Crippen LogP contribution in [-0.2, 0) is 20.6 Å². The molecular formula is C11H14ClN5O. The molecule has 96 valence electrons. The van der Waals surface area contributed by atoms with Crippen molar-refractivity contribution in [2.45, 2.75) is 13.5 Å². The fraction of sp³-hybridized carbons (Fsp3) is 0.364. The van der Waals surface area contributed by atoms with Gasteiger partial charge in [0, 0.05) is 38.1 Å². The largest absolute Gasteiger partial charge is 0.346 e. The van der Waals surface area contributed by atoms with Gasteiger partial charge in [0.1, 0.15) is 0 Å². The average Bonchev–Trinajstić information content (AvgIpc) is 2.81. The average molecular weight is 268 g/mol. The van der Waals surface area contributed by atoms with E-state index < -0.39 is 0 Å². The van der Waals surface area contributed by atoms with Crippen molar-refractivity contribution in [3.8, 4) is 0 Å². The molecule has 0 saturated carbocycles. The van der Waals surface area contributed by atoms with Crippen LogP contribution in [0.4, 0.5) is 0 Å². The number of hydrogen-bond acceptors (Lipinski definition) is 3. The summed E-state index contributed by atoms with van der Waals surface area (Å²) in [5.74, 6) is -0.288. The van der Waals surface area contributed by atoms with Crippen LogP contribution in [0.1, 0.15) is 21.7 Å². The molecule has 0 bridgehead atoms. The van der Waals surface area contributed by atoms with Crippen molar-refractivity contribution < 1.29 is 4.79 Å². The Balaban J connectivity index is 2.05. The van der Waals surface area contributed by atoms with Gasteiger partial charge < -0.3 is 5.32 Å². The molecule has 0 spiro atoms. The molecule has 0 aliphatic rings. The fourth-order valence-corrected chi connectivity index (χ4v) is 1.86. The van der Waals surface area contributed by atoms with Gasteiger partial charge in [0.25, 0.3) is 5.91 Å². The summed E-state index contributed by atoms with van der Waals surface area (Å²) in [6.45, 7) is 2.35. The Morgan fingerprint density at radius 1 is 1.50 bits per heavy atom. The Labute approximate surface area is 110 Å². The molecule has 2 rings (SSSR count). The lowest BCUT2D eigenvalue weighted by atomic mass is 10.2. The van der Waals surface area contributed by atoms with Crippen molar-refractivity contribution in [2.75, 3.05) is 0 Å². The summed E-state index contributed by atoms with van der Waals surface area (Å²) in [5.41, 5.74) is 2.22. The van der Waals surface area contributed by atoms with Crippen LogP contribution in [0.25, 0.3) is 0 Å². The number of nitrogens with one attached hydrogen (secondary N) is 1. The zero-order valence-corrected chi connectivity index (χ0v) is 11.2. The van der Waals surface area contributed by atoms with Gasteiger partial charge >= 0.3 is 0 Å². The molecule has 0 fully saturated rings. The van der Waals surface area contributed by atoms with E-state index in [9.17, 15) is 4.79 Å². The molecule has 0 aromatic carbocycles. The molecule has 0 atom stereocenters. The van der Waals surface area contributed by atoms with Crippen molar-refractivity contribution in [1.82, 2.24) is 24.9 Å². The maximum absolute atomic E-state index is 11.9. The van der Waals surface area contributed by atoms with Crippen LogP contribution < -0.4 is 5.32 Å². The summed E-state index contributed by atoms with van der Waals surface area (Å²) >= 11 is 5.90. The van der Waals surface area contributed by atoms with Crippen LogP contribution in [0.5, 0.6) is 0 Å². The zero-order chi connectivity index (χ0) is 13.3. The maximum atomic E-state index is 11.9. The highest BCUT2D eigenvalue weighted by molar-refractivity contribution is 6.33. The maximum Gasteiger partial charge on any atom is 0.273 e. The SMILES string of the molecule is Cc1c(CNC(=O)c2nn(C)cc2Cl)cnn1C. The smallest absolute Gasteiger partial charge is 0.273 e. The van der Waals surface area contributed by atoms with E-state index in [4.69, 9.17) is 11.6 Å². The third-order valence-corrected chi connectivity index (χ3v) is 3.05. The standard InChI is InChI=1S/C11H14ClN5O/c1-7-8(5-14-17(7)3)4-13-11(18)10-9(12)6-16(2)15-10/h5-6H,4H2,1-3H3,(H,13,18). The minimum Gasteiger partial charge on any atom is -0.346 e. The molecular weight excluding hydrogens is 254 g/mol. The molecule has 2 aromatic heterocycles. The molecule has 0 aliphatic heterocycles. The molecule has 18 heavy (non-hydrogen) atoms. The summed E-state index contributed by atoms with van der Waals surface area (Å²) in [7, 11) is 3.57. The van der Waals surface area contributed by atoms with Gasteiger partial charge in [-0.05, 0) is 6.92 Å². The first-order valence-electron chi connectivity index (χ1n) is 5.44. The minimum atomic E-state index is -0.288. The zero-order valence-electron chi connectivity index (χ0n) is 10.4. The van der Waals surface area contributed by atoms with Gasteiger partial charge in [0.2, 0.25) is 0 Å². The normalized spacial score (nSPS) is 10.7. The van der Waals surface area contributed by atoms with Gasteiger partial charge in [-0.15, -0.1) is 0 Å². The van der Waals surface area contributed by atoms with Gasteiger partial charge in [0.15, 0.2) is 5.69 Å². The highest BCUT2D eigenvalue weighted by atomic mass is 35.5. The van der Waals surface area contributed by atoms with E-state index in [-0.39, 0.29) is 11.6 Å². The lowest BCUT2D eigenvalue weighted by Gasteiger charge is -2.03. The number of rotatable bonds is 3. The Bertz CT molecular complexity index is 586. The lowest BCUT2D eigenvalue weighted by molar-refractivity contribution is 0.0945. The van der Waals surface area contributed by atoms with Crippen molar-refractivity contribution >= 4 is 17.5 Å². The summed E-state index contributed by atoms with van der Waals surface area (Å²) < 4.78 is 3.27. The lowest BCUT2D eigenvalue weighted by Crippen LogP contribution is -2.24. The summed E-state index contributed by atoms with van der Waals surface area (Å²) in [6.07, 6.45) is 3.32. The van der Waals surface area contributed by atoms with Crippen LogP contribution in [0, 0.1) is 6.92 Å². The van der Waals surface area contributed by atoms with E-state index in [2.05, 4.69) is 15.5 Å². The highest BCUT2D eigenvalue weighted by Crippen LogP contribution is 2.13. The monoisotopic (exact) mass is 267 g/mol. The van der Waals surface area contributed by atoms with E-state index >= 15 is 0 Å². The first kappa shape index (κ1) is 12.6. The number of carbonyl (C=O) groups excluding carboxylic acids is 1. The highest BCUT2D eigenvalue weighted by Gasteiger charge is 2.15. The topological polar surface area (TPSA) is 64.7 Å². The van der Waals surface area contributed by atoms with Crippen molar-refractivity contribution in [3.63, 3.8) is 0 Å². The molecule has 0 radical (unpaired) electrons. The van der Waals surface area contributed by atoms with Gasteiger partial charge in [-0.2, -0.15) is 10.2 Å². The minimum absolute atomic E-state index is 0.237. The first-order chi connectivity index (χ1) is 8.49. The molecule has 1 amide bonds. The molecule has 6 nitrogen and oxygen atoms in total. The van der Waals surface area contributed by atoms with Crippen molar-refractivity contribution in [2.24, 2.45) is 14.1 Å². The molecule has 2 heterocycles. The van der Waals surface area contributed by atoms with E-state index in [1.54, 1.807) is 24.1 Å². The Hall–Kier alpha value is -1.82. The number of hydrogen-bond donors (Lipinski definition) is 1. The second kappa shape index (κ2) is 4.81. The summed E-state index contributed by atoms with van der Waals surface area (Å²) in [4.78, 5) is 11.9. The van der Waals surface area contributed by atoms with Crippen LogP contribution in [-0.4, -0.2) is 25.5 Å². The fourth-order valence-electron chi connectivity index (χ4n) is 1.59. The van der Waals surface area contributed by atoms with E-state index in [1.807, 2.05) is 14.0 Å². The Kier molecular flexibility index (Phi) is 3.38. The second-order valence-corrected chi connectivity index (χ2v) is 4.47. The summed E-state index contributed by atoms with van der Waals surface area (Å²) in [5, 5.41) is 11.2. The Morgan fingerprint density at radius 2 is 2.22 bits per heavy atom. The van der Waals surface area contributed by atoms with E-state index in [1.165, 1.54) is 4.68 Å². The van der Waals surface area contributed by atoms with E-state index in [0.29, 0.717) is 11.6 Å². The number of nitrogens with zero attached hydrogens (tertiary/aromatic N) is 4. The van der Waals surface area contributed by atoms with Crippen LogP contribution in [0.15, 0.2) is 12.4 Å².